The van der Waals surface area contributed by atoms with E-state index in [-0.39, 0.29) is 5.57 Å². The topological polar surface area (TPSA) is 75.3 Å². The van der Waals surface area contributed by atoms with Crippen LogP contribution in [-0.4, -0.2) is 13.0 Å². The van der Waals surface area contributed by atoms with E-state index in [1.807, 2.05) is 32.0 Å². The molecule has 0 atom stereocenters. The Morgan fingerprint density at radius 3 is 2.73 bits per heavy atom. The molecule has 1 heterocycles. The fraction of sp³-hybridized carbons (Fsp3) is 0.176. The number of carbonyl (C=O) groups is 1. The summed E-state index contributed by atoms with van der Waals surface area (Å²) in [6.07, 6.45) is 1.38. The lowest BCUT2D eigenvalue weighted by Gasteiger charge is -2.09. The van der Waals surface area contributed by atoms with Gasteiger partial charge in [-0.2, -0.15) is 5.26 Å². The molecule has 0 aliphatic heterocycles. The van der Waals surface area contributed by atoms with Crippen LogP contribution in [-0.2, 0) is 4.79 Å². The Bertz CT molecular complexity index is 766. The molecular formula is C17H16N2O3. The van der Waals surface area contributed by atoms with Gasteiger partial charge < -0.3 is 14.5 Å². The molecule has 0 bridgehead atoms. The minimum absolute atomic E-state index is 0.0436. The van der Waals surface area contributed by atoms with Crippen molar-refractivity contribution < 1.29 is 13.9 Å². The molecule has 1 N–H and O–H groups in total. The maximum Gasteiger partial charge on any atom is 0.284 e. The minimum atomic E-state index is -0.480. The average molecular weight is 296 g/mol. The van der Waals surface area contributed by atoms with E-state index in [2.05, 4.69) is 5.32 Å². The second-order valence-electron chi connectivity index (χ2n) is 4.73. The number of nitriles is 1. The zero-order chi connectivity index (χ0) is 16.1. The van der Waals surface area contributed by atoms with Crippen molar-refractivity contribution in [3.05, 3.63) is 52.8 Å². The van der Waals surface area contributed by atoms with Crippen molar-refractivity contribution in [1.29, 1.82) is 5.26 Å². The summed E-state index contributed by atoms with van der Waals surface area (Å²) in [4.78, 5) is 12.2. The molecule has 0 aliphatic rings. The highest BCUT2D eigenvalue weighted by Gasteiger charge is 2.12. The van der Waals surface area contributed by atoms with Crippen LogP contribution in [0.2, 0.25) is 0 Å². The van der Waals surface area contributed by atoms with Gasteiger partial charge in [0.1, 0.15) is 17.4 Å². The number of furan rings is 1. The summed E-state index contributed by atoms with van der Waals surface area (Å²) in [5.41, 5.74) is 2.67. The number of carbonyl (C=O) groups excluding carboxylic acids is 1. The normalized spacial score (nSPS) is 10.9. The van der Waals surface area contributed by atoms with Crippen LogP contribution in [0.3, 0.4) is 0 Å². The third-order valence-electron chi connectivity index (χ3n) is 3.31. The molecule has 5 nitrogen and oxygen atoms in total. The average Bonchev–Trinajstić information content (AvgIpc) is 2.97. The summed E-state index contributed by atoms with van der Waals surface area (Å²) < 4.78 is 10.2. The molecule has 22 heavy (non-hydrogen) atoms. The first-order valence-corrected chi connectivity index (χ1v) is 6.68. The quantitative estimate of drug-likeness (QED) is 0.692. The molecular weight excluding hydrogens is 280 g/mol. The van der Waals surface area contributed by atoms with Crippen molar-refractivity contribution in [2.45, 2.75) is 13.8 Å². The van der Waals surface area contributed by atoms with Crippen molar-refractivity contribution in [2.24, 2.45) is 0 Å². The highest BCUT2D eigenvalue weighted by molar-refractivity contribution is 6.09. The first kappa shape index (κ1) is 15.4. The SMILES string of the molecule is COc1ccc(/C=C(\C#N)C(=O)Nc2cccc(C)c2C)o1. The van der Waals surface area contributed by atoms with Gasteiger partial charge in [-0.25, -0.2) is 0 Å². The number of hydrogen-bond donors (Lipinski definition) is 1. The van der Waals surface area contributed by atoms with E-state index in [1.54, 1.807) is 18.2 Å². The van der Waals surface area contributed by atoms with Gasteiger partial charge in [0.15, 0.2) is 0 Å². The van der Waals surface area contributed by atoms with Gasteiger partial charge in [0.2, 0.25) is 0 Å². The Balaban J connectivity index is 2.22. The number of ether oxygens (including phenoxy) is 1. The Hall–Kier alpha value is -3.00. The maximum absolute atomic E-state index is 12.2. The molecule has 1 aromatic heterocycles. The molecule has 2 aromatic rings. The lowest BCUT2D eigenvalue weighted by atomic mass is 10.1. The maximum atomic E-state index is 12.2. The van der Waals surface area contributed by atoms with Gasteiger partial charge in [-0.15, -0.1) is 0 Å². The van der Waals surface area contributed by atoms with E-state index >= 15 is 0 Å². The van der Waals surface area contributed by atoms with Gasteiger partial charge in [-0.3, -0.25) is 4.79 Å². The van der Waals surface area contributed by atoms with Gasteiger partial charge in [-0.1, -0.05) is 12.1 Å². The predicted molar refractivity (Wildman–Crippen MR) is 83.4 cm³/mol. The molecule has 0 radical (unpaired) electrons. The number of amides is 1. The van der Waals surface area contributed by atoms with E-state index in [9.17, 15) is 10.1 Å². The Morgan fingerprint density at radius 2 is 2.09 bits per heavy atom. The summed E-state index contributed by atoms with van der Waals surface area (Å²) in [6, 6.07) is 10.7. The Labute approximate surface area is 128 Å². The van der Waals surface area contributed by atoms with Crippen molar-refractivity contribution in [3.63, 3.8) is 0 Å². The van der Waals surface area contributed by atoms with E-state index in [1.165, 1.54) is 13.2 Å². The molecule has 0 saturated carbocycles. The van der Waals surface area contributed by atoms with Gasteiger partial charge in [0.25, 0.3) is 11.9 Å². The molecule has 0 spiro atoms. The van der Waals surface area contributed by atoms with E-state index in [0.717, 1.165) is 11.1 Å². The zero-order valence-electron chi connectivity index (χ0n) is 12.6. The number of hydrogen-bond acceptors (Lipinski definition) is 4. The second-order valence-corrected chi connectivity index (χ2v) is 4.73. The molecule has 5 heteroatoms. The van der Waals surface area contributed by atoms with Crippen LogP contribution in [0.15, 0.2) is 40.3 Å². The summed E-state index contributed by atoms with van der Waals surface area (Å²) >= 11 is 0. The number of benzene rings is 1. The van der Waals surface area contributed by atoms with Gasteiger partial charge in [0.05, 0.1) is 7.11 Å². The highest BCUT2D eigenvalue weighted by Crippen LogP contribution is 2.20. The van der Waals surface area contributed by atoms with Crippen LogP contribution in [0.25, 0.3) is 6.08 Å². The van der Waals surface area contributed by atoms with Gasteiger partial charge in [-0.05, 0) is 37.1 Å². The summed E-state index contributed by atoms with van der Waals surface area (Å²) in [5, 5.41) is 11.9. The molecule has 1 aromatic carbocycles. The van der Waals surface area contributed by atoms with Crippen molar-refractivity contribution in [2.75, 3.05) is 12.4 Å². The summed E-state index contributed by atoms with van der Waals surface area (Å²) in [6.45, 7) is 3.87. The molecule has 0 unspecified atom stereocenters. The van der Waals surface area contributed by atoms with Crippen molar-refractivity contribution in [3.8, 4) is 12.0 Å². The third-order valence-corrected chi connectivity index (χ3v) is 3.31. The van der Waals surface area contributed by atoms with E-state index in [0.29, 0.717) is 17.4 Å². The molecule has 112 valence electrons. The number of aryl methyl sites for hydroxylation is 1. The van der Waals surface area contributed by atoms with Crippen LogP contribution < -0.4 is 10.1 Å². The van der Waals surface area contributed by atoms with Crippen LogP contribution in [0.4, 0.5) is 5.69 Å². The van der Waals surface area contributed by atoms with Gasteiger partial charge >= 0.3 is 0 Å². The number of anilines is 1. The Morgan fingerprint density at radius 1 is 1.32 bits per heavy atom. The summed E-state index contributed by atoms with van der Waals surface area (Å²) in [5.74, 6) is 0.217. The zero-order valence-corrected chi connectivity index (χ0v) is 12.6. The molecule has 0 fully saturated rings. The third kappa shape index (κ3) is 3.36. The van der Waals surface area contributed by atoms with Crippen LogP contribution in [0, 0.1) is 25.2 Å². The van der Waals surface area contributed by atoms with Crippen LogP contribution in [0.5, 0.6) is 5.95 Å². The first-order chi connectivity index (χ1) is 10.5. The highest BCUT2D eigenvalue weighted by atomic mass is 16.6. The first-order valence-electron chi connectivity index (χ1n) is 6.68. The van der Waals surface area contributed by atoms with Gasteiger partial charge in [0, 0.05) is 17.8 Å². The van der Waals surface area contributed by atoms with E-state index < -0.39 is 5.91 Å². The molecule has 0 aliphatic carbocycles. The largest absolute Gasteiger partial charge is 0.468 e. The molecule has 1 amide bonds. The van der Waals surface area contributed by atoms with Crippen molar-refractivity contribution >= 4 is 17.7 Å². The smallest absolute Gasteiger partial charge is 0.284 e. The predicted octanol–water partition coefficient (Wildman–Crippen LogP) is 3.45. The van der Waals surface area contributed by atoms with Crippen molar-refractivity contribution in [1.82, 2.24) is 0 Å². The lowest BCUT2D eigenvalue weighted by molar-refractivity contribution is -0.112. The molecule has 2 rings (SSSR count). The van der Waals surface area contributed by atoms with Crippen LogP contribution >= 0.6 is 0 Å². The fourth-order valence-corrected chi connectivity index (χ4v) is 1.89. The standard InChI is InChI=1S/C17H16N2O3/c1-11-5-4-6-15(12(11)2)19-17(20)13(10-18)9-14-7-8-16(21-3)22-14/h4-9H,1-3H3,(H,19,20)/b13-9+. The second kappa shape index (κ2) is 6.64. The van der Waals surface area contributed by atoms with Crippen LogP contribution in [0.1, 0.15) is 16.9 Å². The van der Waals surface area contributed by atoms with E-state index in [4.69, 9.17) is 9.15 Å². The summed E-state index contributed by atoms with van der Waals surface area (Å²) in [7, 11) is 1.48. The number of nitrogens with one attached hydrogen (secondary N) is 1. The number of rotatable bonds is 4. The number of nitrogens with zero attached hydrogens (tertiary/aromatic N) is 1. The molecule has 0 saturated heterocycles. The number of methoxy groups -OCH3 is 1. The fourth-order valence-electron chi connectivity index (χ4n) is 1.89. The monoisotopic (exact) mass is 296 g/mol. The Kier molecular flexibility index (Phi) is 4.64. The lowest BCUT2D eigenvalue weighted by Crippen LogP contribution is -2.14. The minimum Gasteiger partial charge on any atom is -0.468 e.